The number of H-pyrrole nitrogens is 1. The molecule has 2 aromatic heterocycles. The maximum Gasteiger partial charge on any atom is 0.276 e. The maximum absolute atomic E-state index is 13.1. The van der Waals surface area contributed by atoms with E-state index in [9.17, 15) is 13.2 Å². The summed E-state index contributed by atoms with van der Waals surface area (Å²) in [4.78, 5) is 22.3. The summed E-state index contributed by atoms with van der Waals surface area (Å²) >= 11 is 0. The van der Waals surface area contributed by atoms with Crippen LogP contribution in [0.15, 0.2) is 48.5 Å². The molecule has 31 heavy (non-hydrogen) atoms. The Balaban J connectivity index is 1.59. The number of rotatable bonds is 5. The molecular formula is C21H22N6O3S. The minimum Gasteiger partial charge on any atom is -0.342 e. The van der Waals surface area contributed by atoms with Crippen molar-refractivity contribution in [2.24, 2.45) is 7.05 Å². The topological polar surface area (TPSA) is 113 Å². The van der Waals surface area contributed by atoms with Crippen LogP contribution in [0.1, 0.15) is 16.3 Å². The van der Waals surface area contributed by atoms with Gasteiger partial charge in [-0.25, -0.2) is 13.4 Å². The average Bonchev–Trinajstić information content (AvgIpc) is 3.27. The van der Waals surface area contributed by atoms with E-state index < -0.39 is 10.0 Å². The van der Waals surface area contributed by atoms with Gasteiger partial charge in [0.05, 0.1) is 23.0 Å². The van der Waals surface area contributed by atoms with E-state index in [4.69, 9.17) is 0 Å². The number of hydrogen-bond acceptors (Lipinski definition) is 5. The first-order valence-corrected chi connectivity index (χ1v) is 11.4. The largest absolute Gasteiger partial charge is 0.342 e. The van der Waals surface area contributed by atoms with E-state index in [-0.39, 0.29) is 5.91 Å². The van der Waals surface area contributed by atoms with Crippen molar-refractivity contribution in [2.75, 3.05) is 22.9 Å². The smallest absolute Gasteiger partial charge is 0.276 e. The first kappa shape index (κ1) is 20.6. The standard InChI is InChI=1S/C21H22N6O3S/c1-13-22-17-10-9-16(11-19(17)23-13)26(2)21(28)20-12-18(24-27(20)3)14-5-7-15(8-6-14)25-31(4,29)30/h5-12,25H,1-4H3,(H,22,23). The summed E-state index contributed by atoms with van der Waals surface area (Å²) in [7, 11) is 0.0842. The van der Waals surface area contributed by atoms with Crippen LogP contribution in [0.4, 0.5) is 11.4 Å². The van der Waals surface area contributed by atoms with Crippen LogP contribution in [0.5, 0.6) is 0 Å². The second kappa shape index (κ2) is 7.55. The van der Waals surface area contributed by atoms with Crippen LogP contribution < -0.4 is 9.62 Å². The lowest BCUT2D eigenvalue weighted by Gasteiger charge is -2.17. The van der Waals surface area contributed by atoms with Crippen LogP contribution in [-0.4, -0.2) is 47.4 Å². The second-order valence-electron chi connectivity index (χ2n) is 7.38. The SMILES string of the molecule is Cc1nc2ccc(N(C)C(=O)c3cc(-c4ccc(NS(C)(=O)=O)cc4)nn3C)cc2[nH]1. The Morgan fingerprint density at radius 2 is 1.84 bits per heavy atom. The minimum absolute atomic E-state index is 0.202. The molecule has 0 unspecified atom stereocenters. The van der Waals surface area contributed by atoms with Crippen molar-refractivity contribution in [3.63, 3.8) is 0 Å². The number of carbonyl (C=O) groups is 1. The van der Waals surface area contributed by atoms with E-state index in [1.807, 2.05) is 25.1 Å². The number of hydrogen-bond donors (Lipinski definition) is 2. The number of anilines is 2. The molecule has 0 radical (unpaired) electrons. The van der Waals surface area contributed by atoms with Crippen molar-refractivity contribution >= 4 is 38.3 Å². The molecule has 2 N–H and O–H groups in total. The molecule has 160 valence electrons. The number of fused-ring (bicyclic) bond motifs is 1. The number of nitrogens with one attached hydrogen (secondary N) is 2. The predicted molar refractivity (Wildman–Crippen MR) is 121 cm³/mol. The summed E-state index contributed by atoms with van der Waals surface area (Å²) in [5.41, 5.74) is 4.72. The number of imidazole rings is 1. The van der Waals surface area contributed by atoms with Gasteiger partial charge in [-0.05, 0) is 43.3 Å². The molecule has 0 saturated carbocycles. The number of carbonyl (C=O) groups excluding carboxylic acids is 1. The highest BCUT2D eigenvalue weighted by Crippen LogP contribution is 2.24. The summed E-state index contributed by atoms with van der Waals surface area (Å²) in [6, 6.07) is 14.1. The summed E-state index contributed by atoms with van der Waals surface area (Å²) in [6.45, 7) is 1.88. The molecule has 0 aliphatic heterocycles. The van der Waals surface area contributed by atoms with Crippen LogP contribution in [-0.2, 0) is 17.1 Å². The van der Waals surface area contributed by atoms with Gasteiger partial charge in [-0.3, -0.25) is 14.2 Å². The molecule has 0 saturated heterocycles. The third-order valence-corrected chi connectivity index (χ3v) is 5.47. The van der Waals surface area contributed by atoms with Crippen molar-refractivity contribution in [3.05, 3.63) is 60.0 Å². The Bertz CT molecular complexity index is 1390. The van der Waals surface area contributed by atoms with E-state index in [0.717, 1.165) is 34.4 Å². The zero-order chi connectivity index (χ0) is 22.3. The van der Waals surface area contributed by atoms with Gasteiger partial charge in [0, 0.05) is 31.0 Å². The summed E-state index contributed by atoms with van der Waals surface area (Å²) in [6.07, 6.45) is 1.10. The molecule has 1 amide bonds. The van der Waals surface area contributed by atoms with Gasteiger partial charge in [-0.2, -0.15) is 5.10 Å². The highest BCUT2D eigenvalue weighted by atomic mass is 32.2. The average molecular weight is 439 g/mol. The van der Waals surface area contributed by atoms with E-state index >= 15 is 0 Å². The molecule has 0 aliphatic rings. The molecule has 10 heteroatoms. The highest BCUT2D eigenvalue weighted by molar-refractivity contribution is 7.92. The molecule has 0 fully saturated rings. The van der Waals surface area contributed by atoms with Gasteiger partial charge in [0.2, 0.25) is 10.0 Å². The first-order chi connectivity index (χ1) is 14.6. The number of aromatic nitrogens is 4. The van der Waals surface area contributed by atoms with E-state index in [2.05, 4.69) is 19.8 Å². The molecule has 2 aromatic carbocycles. The maximum atomic E-state index is 13.1. The van der Waals surface area contributed by atoms with Crippen LogP contribution >= 0.6 is 0 Å². The number of sulfonamides is 1. The van der Waals surface area contributed by atoms with Crippen LogP contribution in [0.2, 0.25) is 0 Å². The van der Waals surface area contributed by atoms with E-state index in [1.165, 1.54) is 4.68 Å². The molecule has 0 spiro atoms. The van der Waals surface area contributed by atoms with Crippen molar-refractivity contribution in [3.8, 4) is 11.3 Å². The van der Waals surface area contributed by atoms with Crippen LogP contribution in [0.25, 0.3) is 22.3 Å². The Labute approximate surface area is 179 Å². The van der Waals surface area contributed by atoms with Gasteiger partial charge in [-0.1, -0.05) is 12.1 Å². The number of benzene rings is 2. The Morgan fingerprint density at radius 3 is 2.52 bits per heavy atom. The summed E-state index contributed by atoms with van der Waals surface area (Å²) in [5.74, 6) is 0.613. The second-order valence-corrected chi connectivity index (χ2v) is 9.13. The first-order valence-electron chi connectivity index (χ1n) is 9.47. The lowest BCUT2D eigenvalue weighted by Crippen LogP contribution is -2.28. The fraction of sp³-hybridized carbons (Fsp3) is 0.190. The summed E-state index contributed by atoms with van der Waals surface area (Å²) < 4.78 is 26.7. The summed E-state index contributed by atoms with van der Waals surface area (Å²) in [5, 5.41) is 4.45. The fourth-order valence-corrected chi connectivity index (χ4v) is 3.92. The van der Waals surface area contributed by atoms with Crippen LogP contribution in [0.3, 0.4) is 0 Å². The highest BCUT2D eigenvalue weighted by Gasteiger charge is 2.20. The Morgan fingerprint density at radius 1 is 1.13 bits per heavy atom. The Kier molecular flexibility index (Phi) is 5.02. The number of aryl methyl sites for hydroxylation is 2. The van der Waals surface area contributed by atoms with Gasteiger partial charge < -0.3 is 9.88 Å². The van der Waals surface area contributed by atoms with Gasteiger partial charge >= 0.3 is 0 Å². The molecule has 0 bridgehead atoms. The fourth-order valence-electron chi connectivity index (χ4n) is 3.35. The molecule has 0 atom stereocenters. The number of aromatic amines is 1. The minimum atomic E-state index is -3.34. The molecule has 9 nitrogen and oxygen atoms in total. The van der Waals surface area contributed by atoms with Gasteiger partial charge in [0.15, 0.2) is 0 Å². The quantitative estimate of drug-likeness (QED) is 0.497. The number of nitrogens with zero attached hydrogens (tertiary/aromatic N) is 4. The van der Waals surface area contributed by atoms with Crippen LogP contribution in [0, 0.1) is 6.92 Å². The van der Waals surface area contributed by atoms with Gasteiger partial charge in [0.1, 0.15) is 11.5 Å². The lowest BCUT2D eigenvalue weighted by molar-refractivity contribution is 0.0984. The molecular weight excluding hydrogens is 416 g/mol. The van der Waals surface area contributed by atoms with Crippen molar-refractivity contribution in [1.29, 1.82) is 0 Å². The third-order valence-electron chi connectivity index (χ3n) is 4.86. The molecule has 0 aliphatic carbocycles. The van der Waals surface area contributed by atoms with Crippen molar-refractivity contribution in [1.82, 2.24) is 19.7 Å². The monoisotopic (exact) mass is 438 g/mol. The van der Waals surface area contributed by atoms with Crippen molar-refractivity contribution < 1.29 is 13.2 Å². The zero-order valence-electron chi connectivity index (χ0n) is 17.5. The van der Waals surface area contributed by atoms with Gasteiger partial charge in [0.25, 0.3) is 5.91 Å². The van der Waals surface area contributed by atoms with Crippen molar-refractivity contribution in [2.45, 2.75) is 6.92 Å². The Hall–Kier alpha value is -3.66. The number of amides is 1. The van der Waals surface area contributed by atoms with E-state index in [1.54, 1.807) is 49.3 Å². The lowest BCUT2D eigenvalue weighted by atomic mass is 10.1. The van der Waals surface area contributed by atoms with Gasteiger partial charge in [-0.15, -0.1) is 0 Å². The molecule has 2 heterocycles. The van der Waals surface area contributed by atoms with E-state index in [0.29, 0.717) is 17.1 Å². The third kappa shape index (κ3) is 4.29. The normalized spacial score (nSPS) is 11.6. The predicted octanol–water partition coefficient (Wildman–Crippen LogP) is 2.92. The molecule has 4 aromatic rings. The molecule has 4 rings (SSSR count). The zero-order valence-corrected chi connectivity index (χ0v) is 18.4.